The Balaban J connectivity index is 1.91. The monoisotopic (exact) mass is 558 g/mol. The van der Waals surface area contributed by atoms with Gasteiger partial charge in [-0.05, 0) is 31.2 Å². The van der Waals surface area contributed by atoms with Crippen molar-refractivity contribution in [3.05, 3.63) is 59.6 Å². The number of para-hydroxylation sites is 2. The number of carboxylic acid groups (broad SMARTS) is 1. The first kappa shape index (κ1) is 26.8. The van der Waals surface area contributed by atoms with Gasteiger partial charge in [0.1, 0.15) is 5.75 Å². The molecule has 0 spiro atoms. The summed E-state index contributed by atoms with van der Waals surface area (Å²) in [5.74, 6) is -0.303. The molecule has 0 aliphatic rings. The first-order valence-corrected chi connectivity index (χ1v) is 12.7. The van der Waals surface area contributed by atoms with Gasteiger partial charge in [0.2, 0.25) is 10.9 Å². The third kappa shape index (κ3) is 5.99. The first-order valence-electron chi connectivity index (χ1n) is 10.9. The largest absolute Gasteiger partial charge is 0.493 e. The Morgan fingerprint density at radius 3 is 2.47 bits per heavy atom. The van der Waals surface area contributed by atoms with E-state index in [2.05, 4.69) is 15.0 Å². The lowest BCUT2D eigenvalue weighted by atomic mass is 10.2. The average Bonchev–Trinajstić information content (AvgIpc) is 3.33. The highest BCUT2D eigenvalue weighted by Crippen LogP contribution is 2.45. The standard InChI is InChI=1S/C24H22N4O8S2/c1-14-12-25-24(37-14)28(38(31)32)22-20(36-18-10-5-4-9-17(18)33-2)23(34-3)27-21(26-22)15-7-6-8-16(11-15)35-13-19(29)30/h4-12H,13H2,1-3H3,(H,29,30)(H,31,32). The third-order valence-corrected chi connectivity index (χ3v) is 6.55. The number of rotatable bonds is 11. The lowest BCUT2D eigenvalue weighted by Crippen LogP contribution is -2.22. The number of anilines is 2. The van der Waals surface area contributed by atoms with Gasteiger partial charge < -0.3 is 24.1 Å². The number of ether oxygens (including phenoxy) is 4. The van der Waals surface area contributed by atoms with Crippen molar-refractivity contribution in [2.75, 3.05) is 25.1 Å². The van der Waals surface area contributed by atoms with E-state index < -0.39 is 23.8 Å². The maximum Gasteiger partial charge on any atom is 0.341 e. The first-order chi connectivity index (χ1) is 18.3. The number of aliphatic carboxylic acids is 1. The molecular formula is C24H22N4O8S2. The summed E-state index contributed by atoms with van der Waals surface area (Å²) in [5.41, 5.74) is 0.426. The minimum Gasteiger partial charge on any atom is -0.493 e. The molecule has 2 N–H and O–H groups in total. The van der Waals surface area contributed by atoms with Crippen LogP contribution >= 0.6 is 11.3 Å². The fraction of sp³-hybridized carbons (Fsp3) is 0.167. The van der Waals surface area contributed by atoms with E-state index in [0.717, 1.165) is 9.18 Å². The molecule has 0 fully saturated rings. The number of thiazole rings is 1. The fourth-order valence-corrected chi connectivity index (χ4v) is 4.69. The fourth-order valence-electron chi connectivity index (χ4n) is 3.26. The molecule has 0 aliphatic heterocycles. The van der Waals surface area contributed by atoms with Crippen molar-refractivity contribution >= 4 is 39.5 Å². The Morgan fingerprint density at radius 2 is 1.84 bits per heavy atom. The Morgan fingerprint density at radius 1 is 1.08 bits per heavy atom. The van der Waals surface area contributed by atoms with E-state index in [9.17, 15) is 13.6 Å². The number of carboxylic acids is 1. The summed E-state index contributed by atoms with van der Waals surface area (Å²) in [6, 6.07) is 13.2. The highest BCUT2D eigenvalue weighted by atomic mass is 32.2. The van der Waals surface area contributed by atoms with Crippen LogP contribution in [0.1, 0.15) is 4.88 Å². The van der Waals surface area contributed by atoms with Gasteiger partial charge in [0.25, 0.3) is 17.1 Å². The number of carbonyl (C=O) groups is 1. The molecule has 4 rings (SSSR count). The van der Waals surface area contributed by atoms with Gasteiger partial charge in [-0.1, -0.05) is 24.3 Å². The zero-order valence-electron chi connectivity index (χ0n) is 20.4. The Kier molecular flexibility index (Phi) is 8.35. The molecule has 0 radical (unpaired) electrons. The van der Waals surface area contributed by atoms with Crippen LogP contribution in [-0.2, 0) is 16.1 Å². The summed E-state index contributed by atoms with van der Waals surface area (Å²) in [4.78, 5) is 25.0. The van der Waals surface area contributed by atoms with Crippen molar-refractivity contribution in [2.45, 2.75) is 6.92 Å². The lowest BCUT2D eigenvalue weighted by Gasteiger charge is -2.21. The van der Waals surface area contributed by atoms with Gasteiger partial charge in [0.05, 0.1) is 14.2 Å². The van der Waals surface area contributed by atoms with Crippen LogP contribution in [0.15, 0.2) is 54.7 Å². The van der Waals surface area contributed by atoms with E-state index in [4.69, 9.17) is 24.1 Å². The molecule has 12 nitrogen and oxygen atoms in total. The SMILES string of the molecule is COc1ccccc1Oc1c(OC)nc(-c2cccc(OCC(=O)O)c2)nc1N(c1ncc(C)s1)S(=O)O. The summed E-state index contributed by atoms with van der Waals surface area (Å²) in [7, 11) is 2.85. The van der Waals surface area contributed by atoms with Crippen molar-refractivity contribution in [1.29, 1.82) is 0 Å². The molecule has 4 aromatic rings. The van der Waals surface area contributed by atoms with Crippen molar-refractivity contribution in [1.82, 2.24) is 15.0 Å². The quantitative estimate of drug-likeness (QED) is 0.251. The molecule has 0 aliphatic carbocycles. The Hall–Kier alpha value is -4.27. The van der Waals surface area contributed by atoms with Gasteiger partial charge in [0.15, 0.2) is 29.7 Å². The molecule has 198 valence electrons. The molecule has 2 heterocycles. The van der Waals surface area contributed by atoms with E-state index in [1.54, 1.807) is 55.6 Å². The van der Waals surface area contributed by atoms with Crippen molar-refractivity contribution in [3.63, 3.8) is 0 Å². The van der Waals surface area contributed by atoms with Crippen molar-refractivity contribution in [3.8, 4) is 40.3 Å². The maximum atomic E-state index is 12.6. The van der Waals surface area contributed by atoms with Crippen LogP contribution in [0.5, 0.6) is 28.9 Å². The van der Waals surface area contributed by atoms with E-state index in [0.29, 0.717) is 11.3 Å². The number of nitrogens with zero attached hydrogens (tertiary/aromatic N) is 4. The highest BCUT2D eigenvalue weighted by molar-refractivity contribution is 7.81. The summed E-state index contributed by atoms with van der Waals surface area (Å²) in [6.45, 7) is 1.27. The van der Waals surface area contributed by atoms with Crippen molar-refractivity contribution in [2.24, 2.45) is 0 Å². The summed E-state index contributed by atoms with van der Waals surface area (Å²) in [6.07, 6.45) is 1.56. The van der Waals surface area contributed by atoms with Gasteiger partial charge in [-0.2, -0.15) is 9.29 Å². The van der Waals surface area contributed by atoms with Gasteiger partial charge in [-0.25, -0.2) is 19.0 Å². The molecule has 0 saturated heterocycles. The zero-order chi connectivity index (χ0) is 27.2. The van der Waals surface area contributed by atoms with Gasteiger partial charge in [-0.15, -0.1) is 11.3 Å². The van der Waals surface area contributed by atoms with Crippen LogP contribution in [0.3, 0.4) is 0 Å². The van der Waals surface area contributed by atoms with Gasteiger partial charge >= 0.3 is 5.97 Å². The average molecular weight is 559 g/mol. The number of aromatic nitrogens is 3. The van der Waals surface area contributed by atoms with Crippen LogP contribution in [0.2, 0.25) is 0 Å². The smallest absolute Gasteiger partial charge is 0.341 e. The topological polar surface area (TPSA) is 153 Å². The predicted molar refractivity (Wildman–Crippen MR) is 140 cm³/mol. The zero-order valence-corrected chi connectivity index (χ0v) is 22.0. The van der Waals surface area contributed by atoms with Gasteiger partial charge in [0, 0.05) is 16.6 Å². The number of hydrogen-bond acceptors (Lipinski definition) is 10. The molecular weight excluding hydrogens is 536 g/mol. The predicted octanol–water partition coefficient (Wildman–Crippen LogP) is 4.46. The normalized spacial score (nSPS) is 11.5. The highest BCUT2D eigenvalue weighted by Gasteiger charge is 2.30. The van der Waals surface area contributed by atoms with Crippen LogP contribution in [-0.4, -0.2) is 55.6 Å². The van der Waals surface area contributed by atoms with E-state index in [-0.39, 0.29) is 39.9 Å². The Labute approximate surface area is 223 Å². The van der Waals surface area contributed by atoms with E-state index >= 15 is 0 Å². The second-order valence-corrected chi connectivity index (χ2v) is 9.49. The van der Waals surface area contributed by atoms with Crippen LogP contribution < -0.4 is 23.3 Å². The lowest BCUT2D eigenvalue weighted by molar-refractivity contribution is -0.139. The summed E-state index contributed by atoms with van der Waals surface area (Å²) in [5, 5.41) is 9.10. The molecule has 2 aromatic carbocycles. The molecule has 1 atom stereocenters. The number of hydrogen-bond donors (Lipinski definition) is 2. The number of benzene rings is 2. The van der Waals surface area contributed by atoms with Crippen LogP contribution in [0, 0.1) is 6.92 Å². The minimum absolute atomic E-state index is 0.0449. The molecule has 1 unspecified atom stereocenters. The van der Waals surface area contributed by atoms with Gasteiger partial charge in [-0.3, -0.25) is 4.55 Å². The molecule has 2 aromatic heterocycles. The van der Waals surface area contributed by atoms with E-state index in [1.165, 1.54) is 31.6 Å². The second kappa shape index (κ2) is 11.9. The van der Waals surface area contributed by atoms with Crippen molar-refractivity contribution < 1.29 is 37.6 Å². The third-order valence-electron chi connectivity index (χ3n) is 4.88. The summed E-state index contributed by atoms with van der Waals surface area (Å²) >= 11 is -1.45. The molecule has 0 amide bonds. The number of methoxy groups -OCH3 is 2. The molecule has 38 heavy (non-hydrogen) atoms. The molecule has 14 heteroatoms. The molecule has 0 saturated carbocycles. The van der Waals surface area contributed by atoms with Crippen LogP contribution in [0.4, 0.5) is 10.9 Å². The summed E-state index contributed by atoms with van der Waals surface area (Å²) < 4.78 is 46.2. The minimum atomic E-state index is -2.62. The maximum absolute atomic E-state index is 12.6. The molecule has 0 bridgehead atoms. The van der Waals surface area contributed by atoms with Crippen LogP contribution in [0.25, 0.3) is 11.4 Å². The van der Waals surface area contributed by atoms with E-state index in [1.807, 2.05) is 0 Å². The number of aryl methyl sites for hydroxylation is 1. The Bertz CT molecular complexity index is 1480. The second-order valence-electron chi connectivity index (χ2n) is 7.45.